The molecule has 0 amide bonds. The van der Waals surface area contributed by atoms with Crippen LogP contribution in [0.25, 0.3) is 0 Å². The quantitative estimate of drug-likeness (QED) is 0.295. The Morgan fingerprint density at radius 3 is 2.43 bits per heavy atom. The number of hydrogen-bond acceptors (Lipinski definition) is 4. The number of morpholine rings is 1. The number of guanidine groups is 1. The van der Waals surface area contributed by atoms with Crippen LogP contribution in [0.1, 0.15) is 31.9 Å². The Morgan fingerprint density at radius 1 is 1.20 bits per heavy atom. The molecule has 1 aromatic rings. The molecule has 1 aromatic carbocycles. The molecular formula is C20H32F3IN4OS. The SMILES string of the molecule is CCNC(=NCc1ccc(N2CCOCC2)cc1C(F)(F)F)NCC(C)(C)SC.I. The third kappa shape index (κ3) is 8.33. The summed E-state index contributed by atoms with van der Waals surface area (Å²) in [5, 5.41) is 6.32. The summed E-state index contributed by atoms with van der Waals surface area (Å²) in [6.45, 7) is 9.59. The third-order valence-corrected chi connectivity index (χ3v) is 6.01. The second kappa shape index (κ2) is 12.2. The molecule has 2 N–H and O–H groups in total. The van der Waals surface area contributed by atoms with Crippen LogP contribution in [0.15, 0.2) is 23.2 Å². The van der Waals surface area contributed by atoms with Gasteiger partial charge in [0, 0.05) is 36.6 Å². The van der Waals surface area contributed by atoms with E-state index in [0.29, 0.717) is 51.0 Å². The van der Waals surface area contributed by atoms with Crippen molar-refractivity contribution in [3.8, 4) is 0 Å². The minimum Gasteiger partial charge on any atom is -0.378 e. The van der Waals surface area contributed by atoms with E-state index in [9.17, 15) is 13.2 Å². The number of alkyl halides is 3. The van der Waals surface area contributed by atoms with Gasteiger partial charge in [-0.2, -0.15) is 24.9 Å². The first-order valence-corrected chi connectivity index (χ1v) is 11.0. The molecule has 1 fully saturated rings. The number of rotatable bonds is 7. The van der Waals surface area contributed by atoms with Crippen molar-refractivity contribution in [2.24, 2.45) is 4.99 Å². The van der Waals surface area contributed by atoms with Crippen LogP contribution in [0, 0.1) is 0 Å². The number of halogens is 4. The van der Waals surface area contributed by atoms with Crippen molar-refractivity contribution < 1.29 is 17.9 Å². The minimum absolute atomic E-state index is 0. The highest BCUT2D eigenvalue weighted by atomic mass is 127. The highest BCUT2D eigenvalue weighted by Crippen LogP contribution is 2.35. The molecule has 0 bridgehead atoms. The van der Waals surface area contributed by atoms with Crippen molar-refractivity contribution in [2.45, 2.75) is 38.2 Å². The molecule has 0 unspecified atom stereocenters. The lowest BCUT2D eigenvalue weighted by molar-refractivity contribution is -0.138. The van der Waals surface area contributed by atoms with Gasteiger partial charge in [-0.3, -0.25) is 0 Å². The van der Waals surface area contributed by atoms with E-state index in [1.165, 1.54) is 12.1 Å². The van der Waals surface area contributed by atoms with Crippen LogP contribution >= 0.6 is 35.7 Å². The van der Waals surface area contributed by atoms with Crippen LogP contribution in [0.4, 0.5) is 18.9 Å². The van der Waals surface area contributed by atoms with Crippen LogP contribution in [0.5, 0.6) is 0 Å². The van der Waals surface area contributed by atoms with Crippen LogP contribution in [-0.4, -0.2) is 56.4 Å². The highest BCUT2D eigenvalue weighted by molar-refractivity contribution is 14.0. The van der Waals surface area contributed by atoms with Gasteiger partial charge in [-0.25, -0.2) is 4.99 Å². The zero-order valence-corrected chi connectivity index (χ0v) is 21.1. The largest absolute Gasteiger partial charge is 0.416 e. The number of benzene rings is 1. The van der Waals surface area contributed by atoms with E-state index >= 15 is 0 Å². The molecule has 1 aliphatic heterocycles. The molecule has 0 radical (unpaired) electrons. The summed E-state index contributed by atoms with van der Waals surface area (Å²) in [5.41, 5.74) is 0.0986. The van der Waals surface area contributed by atoms with Gasteiger partial charge in [0.15, 0.2) is 5.96 Å². The second-order valence-electron chi connectivity index (χ2n) is 7.45. The lowest BCUT2D eigenvalue weighted by Gasteiger charge is -2.29. The van der Waals surface area contributed by atoms with E-state index in [-0.39, 0.29) is 40.8 Å². The normalized spacial score (nSPS) is 15.6. The zero-order chi connectivity index (χ0) is 21.5. The summed E-state index contributed by atoms with van der Waals surface area (Å²) in [6.07, 6.45) is -2.41. The van der Waals surface area contributed by atoms with E-state index < -0.39 is 11.7 Å². The van der Waals surface area contributed by atoms with Gasteiger partial charge in [0.05, 0.1) is 25.3 Å². The van der Waals surface area contributed by atoms with Crippen molar-refractivity contribution in [1.82, 2.24) is 10.6 Å². The molecule has 10 heteroatoms. The van der Waals surface area contributed by atoms with Crippen molar-refractivity contribution in [2.75, 3.05) is 50.5 Å². The minimum atomic E-state index is -4.43. The molecule has 0 aliphatic carbocycles. The topological polar surface area (TPSA) is 48.9 Å². The molecule has 0 aromatic heterocycles. The molecule has 172 valence electrons. The second-order valence-corrected chi connectivity index (χ2v) is 8.96. The van der Waals surface area contributed by atoms with Gasteiger partial charge in [-0.15, -0.1) is 24.0 Å². The smallest absolute Gasteiger partial charge is 0.378 e. The predicted molar refractivity (Wildman–Crippen MR) is 130 cm³/mol. The van der Waals surface area contributed by atoms with Gasteiger partial charge in [-0.1, -0.05) is 6.07 Å². The monoisotopic (exact) mass is 560 g/mol. The average Bonchev–Trinajstić information content (AvgIpc) is 2.70. The van der Waals surface area contributed by atoms with E-state index in [0.717, 1.165) is 0 Å². The molecule has 1 saturated heterocycles. The van der Waals surface area contributed by atoms with Crippen LogP contribution < -0.4 is 15.5 Å². The summed E-state index contributed by atoms with van der Waals surface area (Å²) in [4.78, 5) is 6.31. The number of anilines is 1. The number of aliphatic imine (C=N–C) groups is 1. The summed E-state index contributed by atoms with van der Waals surface area (Å²) >= 11 is 1.71. The van der Waals surface area contributed by atoms with Crippen molar-refractivity contribution in [1.29, 1.82) is 0 Å². The Morgan fingerprint density at radius 2 is 1.87 bits per heavy atom. The Kier molecular flexibility index (Phi) is 11.1. The Labute approximate surface area is 198 Å². The van der Waals surface area contributed by atoms with Gasteiger partial charge in [0.25, 0.3) is 0 Å². The highest BCUT2D eigenvalue weighted by Gasteiger charge is 2.34. The third-order valence-electron chi connectivity index (χ3n) is 4.76. The van der Waals surface area contributed by atoms with E-state index in [2.05, 4.69) is 29.5 Å². The van der Waals surface area contributed by atoms with Crippen molar-refractivity contribution in [3.05, 3.63) is 29.3 Å². The van der Waals surface area contributed by atoms with Crippen LogP contribution in [-0.2, 0) is 17.5 Å². The fourth-order valence-corrected chi connectivity index (χ4v) is 3.08. The Hall–Kier alpha value is -0.880. The van der Waals surface area contributed by atoms with Crippen molar-refractivity contribution in [3.63, 3.8) is 0 Å². The predicted octanol–water partition coefficient (Wildman–Crippen LogP) is 4.36. The van der Waals surface area contributed by atoms with Gasteiger partial charge in [0.1, 0.15) is 0 Å². The summed E-state index contributed by atoms with van der Waals surface area (Å²) in [7, 11) is 0. The molecule has 0 spiro atoms. The van der Waals surface area contributed by atoms with Gasteiger partial charge < -0.3 is 20.3 Å². The van der Waals surface area contributed by atoms with Crippen LogP contribution in [0.2, 0.25) is 0 Å². The van der Waals surface area contributed by atoms with E-state index in [1.807, 2.05) is 18.1 Å². The maximum absolute atomic E-state index is 13.7. The standard InChI is InChI=1S/C20H31F3N4OS.HI/c1-5-24-18(26-14-19(2,3)29-4)25-13-15-6-7-16(12-17(15)20(21,22)23)27-8-10-28-11-9-27;/h6-7,12H,5,8-11,13-14H2,1-4H3,(H2,24,25,26);1H. The molecule has 2 rings (SSSR count). The summed E-state index contributed by atoms with van der Waals surface area (Å²) in [5.74, 6) is 0.514. The zero-order valence-electron chi connectivity index (χ0n) is 17.9. The van der Waals surface area contributed by atoms with Crippen LogP contribution in [0.3, 0.4) is 0 Å². The molecule has 0 saturated carbocycles. The molecule has 30 heavy (non-hydrogen) atoms. The first-order chi connectivity index (χ1) is 13.7. The maximum atomic E-state index is 13.7. The number of ether oxygens (including phenoxy) is 1. The van der Waals surface area contributed by atoms with E-state index in [4.69, 9.17) is 4.74 Å². The number of hydrogen-bond donors (Lipinski definition) is 2. The number of thioether (sulfide) groups is 1. The first kappa shape index (κ1) is 27.2. The van der Waals surface area contributed by atoms with Crippen molar-refractivity contribution >= 4 is 47.4 Å². The van der Waals surface area contributed by atoms with Gasteiger partial charge in [-0.05, 0) is 44.7 Å². The maximum Gasteiger partial charge on any atom is 0.416 e. The molecular weight excluding hydrogens is 528 g/mol. The fourth-order valence-electron chi connectivity index (χ4n) is 2.86. The van der Waals surface area contributed by atoms with Gasteiger partial charge in [0.2, 0.25) is 0 Å². The average molecular weight is 560 g/mol. The Balaban J connectivity index is 0.00000450. The molecule has 1 aliphatic rings. The summed E-state index contributed by atoms with van der Waals surface area (Å²) < 4.78 is 46.4. The van der Waals surface area contributed by atoms with Gasteiger partial charge >= 0.3 is 6.18 Å². The number of nitrogens with zero attached hydrogens (tertiary/aromatic N) is 2. The Bertz CT molecular complexity index is 695. The summed E-state index contributed by atoms with van der Waals surface area (Å²) in [6, 6.07) is 4.50. The molecule has 1 heterocycles. The lowest BCUT2D eigenvalue weighted by Crippen LogP contribution is -2.43. The molecule has 0 atom stereocenters. The molecule has 5 nitrogen and oxygen atoms in total. The lowest BCUT2D eigenvalue weighted by atomic mass is 10.1. The van der Waals surface area contributed by atoms with E-state index in [1.54, 1.807) is 17.8 Å². The first-order valence-electron chi connectivity index (χ1n) is 9.76. The fraction of sp³-hybridized carbons (Fsp3) is 0.650. The number of nitrogens with one attached hydrogen (secondary N) is 2.